The number of amidine groups is 1. The number of rotatable bonds is 4. The Bertz CT molecular complexity index is 927. The zero-order valence-corrected chi connectivity index (χ0v) is 14.5. The summed E-state index contributed by atoms with van der Waals surface area (Å²) in [7, 11) is 0. The minimum Gasteiger partial charge on any atom is -0.490 e. The van der Waals surface area contributed by atoms with Crippen LogP contribution in [0.25, 0.3) is 0 Å². The largest absolute Gasteiger partial charge is 0.490 e. The van der Waals surface area contributed by atoms with Gasteiger partial charge in [0.2, 0.25) is 5.70 Å². The van der Waals surface area contributed by atoms with E-state index in [1.807, 2.05) is 48.7 Å². The molecule has 1 aromatic rings. The number of allylic oxidation sites excluding steroid dienone is 4. The van der Waals surface area contributed by atoms with Crippen LogP contribution in [0.5, 0.6) is 5.75 Å². The van der Waals surface area contributed by atoms with E-state index in [9.17, 15) is 0 Å². The Morgan fingerprint density at radius 1 is 1.12 bits per heavy atom. The maximum absolute atomic E-state index is 6.71. The van der Waals surface area contributed by atoms with Crippen LogP contribution < -0.4 is 10.6 Å². The van der Waals surface area contributed by atoms with Crippen molar-refractivity contribution in [1.82, 2.24) is 0 Å². The number of nitrogens with two attached hydrogens (primary N) is 1. The smallest absolute Gasteiger partial charge is 0.265 e. The van der Waals surface area contributed by atoms with Crippen molar-refractivity contribution >= 4 is 12.1 Å². The fourth-order valence-corrected chi connectivity index (χ4v) is 3.82. The summed E-state index contributed by atoms with van der Waals surface area (Å²) in [6, 6.07) is 8.12. The third-order valence-corrected chi connectivity index (χ3v) is 5.34. The maximum Gasteiger partial charge on any atom is 0.265 e. The van der Waals surface area contributed by atoms with E-state index < -0.39 is 0 Å². The molecule has 2 aliphatic carbocycles. The van der Waals surface area contributed by atoms with Crippen molar-refractivity contribution in [3.05, 3.63) is 77.4 Å². The highest BCUT2D eigenvalue weighted by Gasteiger charge is 2.44. The van der Waals surface area contributed by atoms with Gasteiger partial charge < -0.3 is 4.74 Å². The average Bonchev–Trinajstić information content (AvgIpc) is 3.21. The maximum atomic E-state index is 6.71. The van der Waals surface area contributed by atoms with Gasteiger partial charge >= 0.3 is 0 Å². The van der Waals surface area contributed by atoms with E-state index in [0.29, 0.717) is 6.10 Å². The number of aliphatic imine (C=N–C) groups is 2. The lowest BCUT2D eigenvalue weighted by Crippen LogP contribution is -2.53. The van der Waals surface area contributed by atoms with Gasteiger partial charge in [-0.15, -0.1) is 4.59 Å². The Balaban J connectivity index is 1.46. The molecule has 1 saturated carbocycles. The van der Waals surface area contributed by atoms with Crippen LogP contribution in [0.3, 0.4) is 0 Å². The number of quaternary nitrogens is 1. The molecule has 0 aromatic heterocycles. The Kier molecular flexibility index (Phi) is 3.51. The highest BCUT2D eigenvalue weighted by molar-refractivity contribution is 6.01. The summed E-state index contributed by atoms with van der Waals surface area (Å²) in [4.78, 5) is 9.12. The van der Waals surface area contributed by atoms with Crippen molar-refractivity contribution in [3.8, 4) is 5.75 Å². The van der Waals surface area contributed by atoms with E-state index in [0.717, 1.165) is 47.0 Å². The second-order valence-electron chi connectivity index (χ2n) is 7.05. The number of hydrogen-bond donors (Lipinski definition) is 1. The van der Waals surface area contributed by atoms with Crippen molar-refractivity contribution < 1.29 is 9.33 Å². The molecular formula is C21H21N4O+. The molecule has 0 spiro atoms. The summed E-state index contributed by atoms with van der Waals surface area (Å²) in [6.07, 6.45) is 16.7. The molecule has 1 fully saturated rings. The number of fused-ring (bicyclic) bond motifs is 1. The molecule has 0 radical (unpaired) electrons. The van der Waals surface area contributed by atoms with Crippen molar-refractivity contribution in [2.75, 3.05) is 0 Å². The first kappa shape index (κ1) is 15.5. The van der Waals surface area contributed by atoms with E-state index in [1.54, 1.807) is 12.4 Å². The molecule has 1 aromatic carbocycles. The van der Waals surface area contributed by atoms with Gasteiger partial charge in [-0.1, -0.05) is 18.2 Å². The molecule has 4 aliphatic rings. The molecule has 0 saturated heterocycles. The van der Waals surface area contributed by atoms with E-state index in [-0.39, 0.29) is 4.59 Å². The lowest BCUT2D eigenvalue weighted by molar-refractivity contribution is -0.750. The number of benzene rings is 1. The van der Waals surface area contributed by atoms with Gasteiger partial charge in [-0.2, -0.15) is 10.8 Å². The summed E-state index contributed by atoms with van der Waals surface area (Å²) < 4.78 is 6.12. The van der Waals surface area contributed by atoms with Crippen molar-refractivity contribution in [1.29, 1.82) is 0 Å². The topological polar surface area (TPSA) is 60.0 Å². The molecule has 2 heterocycles. The van der Waals surface area contributed by atoms with Gasteiger partial charge in [0.1, 0.15) is 17.6 Å². The second-order valence-corrected chi connectivity index (χ2v) is 7.05. The van der Waals surface area contributed by atoms with Crippen LogP contribution in [-0.2, 0) is 0 Å². The molecular weight excluding hydrogens is 324 g/mol. The molecule has 5 heteroatoms. The Hall–Kier alpha value is -2.76. The van der Waals surface area contributed by atoms with Gasteiger partial charge in [0.25, 0.3) is 5.84 Å². The minimum absolute atomic E-state index is 0.0485. The molecule has 2 aliphatic heterocycles. The molecule has 1 atom stereocenters. The monoisotopic (exact) mass is 345 g/mol. The lowest BCUT2D eigenvalue weighted by Gasteiger charge is -2.26. The van der Waals surface area contributed by atoms with E-state index in [1.165, 1.54) is 12.8 Å². The first-order valence-electron chi connectivity index (χ1n) is 9.12. The Labute approximate surface area is 152 Å². The van der Waals surface area contributed by atoms with Gasteiger partial charge in [0.05, 0.1) is 24.1 Å². The minimum atomic E-state index is 0.0485. The predicted molar refractivity (Wildman–Crippen MR) is 102 cm³/mol. The highest BCUT2D eigenvalue weighted by Crippen LogP contribution is 2.36. The normalized spacial score (nSPS) is 26.7. The summed E-state index contributed by atoms with van der Waals surface area (Å²) in [5, 5.41) is 0. The first-order chi connectivity index (χ1) is 12.7. The zero-order valence-electron chi connectivity index (χ0n) is 14.5. The van der Waals surface area contributed by atoms with E-state index in [2.05, 4.69) is 4.99 Å². The van der Waals surface area contributed by atoms with Gasteiger partial charge in [-0.3, -0.25) is 4.99 Å². The third-order valence-electron chi connectivity index (χ3n) is 5.34. The Morgan fingerprint density at radius 3 is 2.58 bits per heavy atom. The van der Waals surface area contributed by atoms with Gasteiger partial charge in [0, 0.05) is 5.57 Å². The van der Waals surface area contributed by atoms with Crippen LogP contribution >= 0.6 is 0 Å². The third kappa shape index (κ3) is 2.40. The van der Waals surface area contributed by atoms with Gasteiger partial charge in [-0.05, 0) is 49.9 Å². The molecule has 130 valence electrons. The van der Waals surface area contributed by atoms with Crippen molar-refractivity contribution in [2.45, 2.75) is 31.8 Å². The zero-order chi connectivity index (χ0) is 17.6. The molecule has 0 amide bonds. The Morgan fingerprint density at radius 2 is 1.88 bits per heavy atom. The molecule has 5 rings (SSSR count). The standard InChI is InChI=1S/C21H21N4O/c22-25-13-12-23-14-19(25)20(15-4-3-5-15)24-21(25)16-8-10-18(11-9-16)26-17-6-1-2-7-17/h3-5,8-14,17H,1-2,6-7,22H2/q+1. The van der Waals surface area contributed by atoms with Gasteiger partial charge in [-0.25, -0.2) is 0 Å². The van der Waals surface area contributed by atoms with Crippen LogP contribution in [-0.4, -0.2) is 22.7 Å². The van der Waals surface area contributed by atoms with E-state index >= 15 is 0 Å². The SMILES string of the molecule is N[N+]12C=CN=CC1=C(C1=CC=C1)N=C2c1ccc(OC2CCCC2)cc1. The van der Waals surface area contributed by atoms with Gasteiger partial charge in [0.15, 0.2) is 0 Å². The quantitative estimate of drug-likeness (QED) is 0.668. The van der Waals surface area contributed by atoms with Crippen molar-refractivity contribution in [3.63, 3.8) is 0 Å². The summed E-state index contributed by atoms with van der Waals surface area (Å²) >= 11 is 0. The number of nitrogens with zero attached hydrogens (tertiary/aromatic N) is 3. The molecule has 2 N–H and O–H groups in total. The molecule has 0 bridgehead atoms. The predicted octanol–water partition coefficient (Wildman–Crippen LogP) is 3.72. The van der Waals surface area contributed by atoms with Crippen LogP contribution in [0.1, 0.15) is 31.2 Å². The van der Waals surface area contributed by atoms with Crippen LogP contribution in [0.4, 0.5) is 0 Å². The highest BCUT2D eigenvalue weighted by atomic mass is 16.5. The fraction of sp³-hybridized carbons (Fsp3) is 0.238. The van der Waals surface area contributed by atoms with Crippen LogP contribution in [0.15, 0.2) is 81.8 Å². The molecule has 26 heavy (non-hydrogen) atoms. The van der Waals surface area contributed by atoms with Crippen LogP contribution in [0.2, 0.25) is 0 Å². The average molecular weight is 345 g/mol. The first-order valence-corrected chi connectivity index (χ1v) is 9.12. The second kappa shape index (κ2) is 5.90. The lowest BCUT2D eigenvalue weighted by atomic mass is 10.0. The number of hydrogen-bond acceptors (Lipinski definition) is 4. The molecule has 5 nitrogen and oxygen atoms in total. The number of ether oxygens (including phenoxy) is 1. The summed E-state index contributed by atoms with van der Waals surface area (Å²) in [6.45, 7) is 0. The van der Waals surface area contributed by atoms with Crippen molar-refractivity contribution in [2.24, 2.45) is 15.8 Å². The molecule has 1 unspecified atom stereocenters. The fourth-order valence-electron chi connectivity index (χ4n) is 3.82. The summed E-state index contributed by atoms with van der Waals surface area (Å²) in [5.74, 6) is 8.42. The van der Waals surface area contributed by atoms with E-state index in [4.69, 9.17) is 15.6 Å². The summed E-state index contributed by atoms with van der Waals surface area (Å²) in [5.41, 5.74) is 3.86. The van der Waals surface area contributed by atoms with Crippen LogP contribution in [0, 0.1) is 0 Å².